The fourth-order valence-corrected chi connectivity index (χ4v) is 4.68. The van der Waals surface area contributed by atoms with E-state index in [1.165, 1.54) is 18.2 Å². The van der Waals surface area contributed by atoms with Gasteiger partial charge < -0.3 is 25.0 Å². The Kier molecular flexibility index (Phi) is 8.93. The number of aromatic nitrogens is 6. The molecule has 5 rings (SSSR count). The average Bonchev–Trinajstić information content (AvgIpc) is 3.70. The number of rotatable bonds is 4. The van der Waals surface area contributed by atoms with Crippen molar-refractivity contribution in [1.82, 2.24) is 45.7 Å². The second-order valence-electron chi connectivity index (χ2n) is 10.2. The van der Waals surface area contributed by atoms with Gasteiger partial charge in [-0.1, -0.05) is 44.2 Å². The Morgan fingerprint density at radius 1 is 1.09 bits per heavy atom. The number of carbonyl (C=O) groups excluding carboxylic acids is 3. The minimum atomic E-state index is -0.533. The van der Waals surface area contributed by atoms with Crippen LogP contribution in [-0.2, 0) is 11.3 Å². The molecule has 0 saturated heterocycles. The van der Waals surface area contributed by atoms with Crippen molar-refractivity contribution in [1.29, 1.82) is 0 Å². The molecule has 14 nitrogen and oxygen atoms in total. The van der Waals surface area contributed by atoms with Crippen molar-refractivity contribution in [2.75, 3.05) is 33.4 Å². The maximum Gasteiger partial charge on any atom is 0.276 e. The second kappa shape index (κ2) is 13.1. The first-order chi connectivity index (χ1) is 20.8. The van der Waals surface area contributed by atoms with Crippen LogP contribution < -0.4 is 20.1 Å². The molecule has 2 bridgehead atoms. The number of nitrogens with zero attached hydrogens (tertiary/aromatic N) is 6. The van der Waals surface area contributed by atoms with Crippen LogP contribution in [0.15, 0.2) is 54.7 Å². The van der Waals surface area contributed by atoms with E-state index in [0.717, 1.165) is 5.56 Å². The van der Waals surface area contributed by atoms with Crippen molar-refractivity contribution in [3.63, 3.8) is 0 Å². The molecule has 4 aromatic rings. The van der Waals surface area contributed by atoms with Crippen LogP contribution in [0.25, 0.3) is 11.4 Å². The summed E-state index contributed by atoms with van der Waals surface area (Å²) in [5, 5.41) is 20.6. The lowest BCUT2D eigenvalue weighted by molar-refractivity contribution is -0.123. The molecule has 224 valence electrons. The number of carbonyl (C=O) groups is 3. The topological polar surface area (TPSA) is 169 Å². The third kappa shape index (κ3) is 6.80. The molecule has 0 radical (unpaired) electrons. The number of aromatic amines is 1. The normalized spacial score (nSPS) is 16.5. The first kappa shape index (κ1) is 29.2. The Hall–Kier alpha value is -5.27. The molecule has 0 saturated carbocycles. The van der Waals surface area contributed by atoms with Gasteiger partial charge in [-0.05, 0) is 24.1 Å². The van der Waals surface area contributed by atoms with Gasteiger partial charge in [0, 0.05) is 24.2 Å². The van der Waals surface area contributed by atoms with Crippen LogP contribution in [0.2, 0.25) is 0 Å². The SMILES string of the molecule is COc1ccc2cc1OCCn1nc(-c3ccccc3)nc1[C@@H](C(C)C)NC(=O)CN(C(=O)c1cn[nH]n1)CCNC2=O. The number of benzene rings is 2. The van der Waals surface area contributed by atoms with Crippen LogP contribution in [0, 0.1) is 5.92 Å². The Morgan fingerprint density at radius 2 is 1.91 bits per heavy atom. The molecule has 2 aromatic heterocycles. The Morgan fingerprint density at radius 3 is 2.63 bits per heavy atom. The van der Waals surface area contributed by atoms with Gasteiger partial charge in [0.2, 0.25) is 5.91 Å². The Balaban J connectivity index is 1.52. The van der Waals surface area contributed by atoms with E-state index in [4.69, 9.17) is 19.6 Å². The molecule has 2 aromatic carbocycles. The number of H-pyrrole nitrogens is 1. The van der Waals surface area contributed by atoms with Gasteiger partial charge in [-0.15, -0.1) is 0 Å². The zero-order valence-corrected chi connectivity index (χ0v) is 24.1. The minimum Gasteiger partial charge on any atom is -0.493 e. The van der Waals surface area contributed by atoms with E-state index in [9.17, 15) is 14.4 Å². The summed E-state index contributed by atoms with van der Waals surface area (Å²) in [6.45, 7) is 4.27. The fraction of sp³-hybridized carbons (Fsp3) is 0.345. The molecule has 0 unspecified atom stereocenters. The number of amides is 3. The first-order valence-corrected chi connectivity index (χ1v) is 13.9. The third-order valence-corrected chi connectivity index (χ3v) is 6.90. The summed E-state index contributed by atoms with van der Waals surface area (Å²) in [5.74, 6) is 0.541. The zero-order chi connectivity index (χ0) is 30.3. The lowest BCUT2D eigenvalue weighted by Crippen LogP contribution is -2.46. The molecular weight excluding hydrogens is 554 g/mol. The molecule has 43 heavy (non-hydrogen) atoms. The minimum absolute atomic E-state index is 0.0467. The van der Waals surface area contributed by atoms with Gasteiger partial charge >= 0.3 is 0 Å². The van der Waals surface area contributed by atoms with Gasteiger partial charge in [0.1, 0.15) is 6.61 Å². The molecule has 3 amide bonds. The van der Waals surface area contributed by atoms with Crippen molar-refractivity contribution < 1.29 is 23.9 Å². The van der Waals surface area contributed by atoms with Gasteiger partial charge in [0.25, 0.3) is 11.8 Å². The highest BCUT2D eigenvalue weighted by Crippen LogP contribution is 2.29. The molecule has 1 aliphatic rings. The van der Waals surface area contributed by atoms with Crippen molar-refractivity contribution in [2.45, 2.75) is 26.4 Å². The summed E-state index contributed by atoms with van der Waals surface area (Å²) in [6, 6.07) is 13.9. The summed E-state index contributed by atoms with van der Waals surface area (Å²) in [7, 11) is 1.52. The molecule has 0 aliphatic carbocycles. The van der Waals surface area contributed by atoms with Crippen LogP contribution in [0.3, 0.4) is 0 Å². The van der Waals surface area contributed by atoms with Crippen LogP contribution in [0.5, 0.6) is 11.5 Å². The maximum absolute atomic E-state index is 13.4. The molecule has 0 spiro atoms. The van der Waals surface area contributed by atoms with Gasteiger partial charge in [0.05, 0.1) is 32.4 Å². The van der Waals surface area contributed by atoms with Crippen LogP contribution in [0.4, 0.5) is 0 Å². The van der Waals surface area contributed by atoms with Gasteiger partial charge in [-0.25, -0.2) is 9.67 Å². The molecule has 3 heterocycles. The molecule has 1 atom stereocenters. The smallest absolute Gasteiger partial charge is 0.276 e. The average molecular weight is 588 g/mol. The largest absolute Gasteiger partial charge is 0.493 e. The lowest BCUT2D eigenvalue weighted by atomic mass is 10.0. The van der Waals surface area contributed by atoms with Gasteiger partial charge in [-0.3, -0.25) is 14.4 Å². The van der Waals surface area contributed by atoms with Crippen molar-refractivity contribution in [3.05, 3.63) is 71.8 Å². The summed E-state index contributed by atoms with van der Waals surface area (Å²) >= 11 is 0. The fourth-order valence-electron chi connectivity index (χ4n) is 4.68. The van der Waals surface area contributed by atoms with E-state index < -0.39 is 17.9 Å². The van der Waals surface area contributed by atoms with E-state index in [-0.39, 0.29) is 43.8 Å². The molecule has 1 aliphatic heterocycles. The number of nitrogens with one attached hydrogen (secondary N) is 3. The predicted molar refractivity (Wildman–Crippen MR) is 154 cm³/mol. The van der Waals surface area contributed by atoms with E-state index in [2.05, 4.69) is 26.0 Å². The second-order valence-corrected chi connectivity index (χ2v) is 10.2. The van der Waals surface area contributed by atoms with Crippen molar-refractivity contribution >= 4 is 17.7 Å². The quantitative estimate of drug-likeness (QED) is 0.323. The molecular formula is C29H33N9O5. The molecule has 0 fully saturated rings. The number of fused-ring (bicyclic) bond motifs is 3. The number of ether oxygens (including phenoxy) is 2. The Labute approximate surface area is 247 Å². The molecule has 3 N–H and O–H groups in total. The van der Waals surface area contributed by atoms with E-state index in [0.29, 0.717) is 35.3 Å². The van der Waals surface area contributed by atoms with Crippen LogP contribution in [-0.4, -0.2) is 86.1 Å². The summed E-state index contributed by atoms with van der Waals surface area (Å²) in [5.41, 5.74) is 1.22. The van der Waals surface area contributed by atoms with Gasteiger partial charge in [-0.2, -0.15) is 20.5 Å². The number of hydrogen-bond acceptors (Lipinski definition) is 9. The molecule has 14 heteroatoms. The highest BCUT2D eigenvalue weighted by Gasteiger charge is 2.28. The zero-order valence-electron chi connectivity index (χ0n) is 24.1. The van der Waals surface area contributed by atoms with Crippen LogP contribution in [0.1, 0.15) is 46.6 Å². The van der Waals surface area contributed by atoms with E-state index in [1.807, 2.05) is 44.2 Å². The van der Waals surface area contributed by atoms with Crippen molar-refractivity contribution in [2.24, 2.45) is 5.92 Å². The third-order valence-electron chi connectivity index (χ3n) is 6.90. The summed E-state index contributed by atoms with van der Waals surface area (Å²) in [6.07, 6.45) is 1.28. The van der Waals surface area contributed by atoms with E-state index >= 15 is 0 Å². The maximum atomic E-state index is 13.4. The Bertz CT molecular complexity index is 1570. The summed E-state index contributed by atoms with van der Waals surface area (Å²) < 4.78 is 13.2. The summed E-state index contributed by atoms with van der Waals surface area (Å²) in [4.78, 5) is 45.8. The number of hydrogen-bond donors (Lipinski definition) is 3. The van der Waals surface area contributed by atoms with Crippen LogP contribution >= 0.6 is 0 Å². The predicted octanol–water partition coefficient (Wildman–Crippen LogP) is 1.85. The highest BCUT2D eigenvalue weighted by atomic mass is 16.5. The monoisotopic (exact) mass is 587 g/mol. The highest BCUT2D eigenvalue weighted by molar-refractivity contribution is 5.96. The number of methoxy groups -OCH3 is 1. The van der Waals surface area contributed by atoms with E-state index in [1.54, 1.807) is 22.9 Å². The first-order valence-electron chi connectivity index (χ1n) is 13.9. The lowest BCUT2D eigenvalue weighted by Gasteiger charge is -2.25. The standard InChI is InChI=1S/C29H33N9O5/c1-18(2)25-27-33-26(19-7-5-4-6-8-19)35-38(27)13-14-43-23-15-20(9-10-22(23)42-3)28(40)30-11-12-37(17-24(39)32-25)29(41)21-16-31-36-34-21/h4-10,15-16,18,25H,11-14,17H2,1-3H3,(H,30,40)(H,32,39)(H,31,34,36)/t25-/m1/s1. The van der Waals surface area contributed by atoms with Crippen molar-refractivity contribution in [3.8, 4) is 22.9 Å². The van der Waals surface area contributed by atoms with Gasteiger partial charge in [0.15, 0.2) is 28.8 Å².